The fraction of sp³-hybridized carbons (Fsp3) is 0.941. The third-order valence-electron chi connectivity index (χ3n) is 3.42. The smallest absolute Gasteiger partial charge is 0.234 e. The van der Waals surface area contributed by atoms with Crippen LogP contribution in [-0.2, 0) is 23.7 Å². The molecule has 1 unspecified atom stereocenters. The van der Waals surface area contributed by atoms with E-state index in [4.69, 9.17) is 29.8 Å². The molecule has 0 spiro atoms. The van der Waals surface area contributed by atoms with E-state index in [2.05, 4.69) is 10.6 Å². The van der Waals surface area contributed by atoms with Crippen molar-refractivity contribution in [2.75, 3.05) is 79.1 Å². The van der Waals surface area contributed by atoms with Crippen molar-refractivity contribution >= 4 is 5.91 Å². The molecule has 0 aromatic carbocycles. The Morgan fingerprint density at radius 1 is 0.923 bits per heavy atom. The Kier molecular flexibility index (Phi) is 19.9. The molecule has 0 aromatic heterocycles. The van der Waals surface area contributed by atoms with Crippen molar-refractivity contribution in [3.05, 3.63) is 0 Å². The number of nitrogens with two attached hydrogens (primary N) is 1. The largest absolute Gasteiger partial charge is 0.394 e. The lowest BCUT2D eigenvalue weighted by Gasteiger charge is -2.10. The highest BCUT2D eigenvalue weighted by Crippen LogP contribution is 1.90. The van der Waals surface area contributed by atoms with Gasteiger partial charge in [0.15, 0.2) is 0 Å². The molecule has 1 amide bonds. The predicted molar refractivity (Wildman–Crippen MR) is 99.1 cm³/mol. The highest BCUT2D eigenvalue weighted by atomic mass is 16.6. The molecule has 9 heteroatoms. The SMILES string of the molecule is CCC(N)CCNCC(=O)NCCOCCOCCOCCOCCO. The number of aliphatic hydroxyl groups is 1. The van der Waals surface area contributed by atoms with E-state index in [9.17, 15) is 4.79 Å². The highest BCUT2D eigenvalue weighted by Gasteiger charge is 2.02. The van der Waals surface area contributed by atoms with Crippen molar-refractivity contribution in [3.63, 3.8) is 0 Å². The number of hydrogen-bond donors (Lipinski definition) is 4. The molecule has 0 aliphatic carbocycles. The summed E-state index contributed by atoms with van der Waals surface area (Å²) < 4.78 is 21.0. The molecule has 0 rings (SSSR count). The first-order chi connectivity index (χ1) is 12.7. The Labute approximate surface area is 156 Å². The van der Waals surface area contributed by atoms with E-state index in [-0.39, 0.29) is 18.6 Å². The molecular formula is C17H37N3O6. The zero-order valence-corrected chi connectivity index (χ0v) is 16.0. The van der Waals surface area contributed by atoms with Crippen LogP contribution in [0.25, 0.3) is 0 Å². The van der Waals surface area contributed by atoms with Crippen molar-refractivity contribution in [1.82, 2.24) is 10.6 Å². The average molecular weight is 379 g/mol. The Bertz CT molecular complexity index is 310. The van der Waals surface area contributed by atoms with E-state index in [1.54, 1.807) is 0 Å². The third kappa shape index (κ3) is 19.5. The summed E-state index contributed by atoms with van der Waals surface area (Å²) in [5, 5.41) is 14.4. The summed E-state index contributed by atoms with van der Waals surface area (Å²) in [6.07, 6.45) is 1.82. The van der Waals surface area contributed by atoms with Gasteiger partial charge in [0.1, 0.15) is 0 Å². The molecule has 5 N–H and O–H groups in total. The number of aliphatic hydroxyl groups excluding tert-OH is 1. The lowest BCUT2D eigenvalue weighted by Crippen LogP contribution is -2.37. The van der Waals surface area contributed by atoms with Gasteiger partial charge in [-0.1, -0.05) is 6.92 Å². The van der Waals surface area contributed by atoms with Gasteiger partial charge < -0.3 is 40.4 Å². The van der Waals surface area contributed by atoms with Gasteiger partial charge in [-0.2, -0.15) is 0 Å². The van der Waals surface area contributed by atoms with Gasteiger partial charge in [-0.25, -0.2) is 0 Å². The van der Waals surface area contributed by atoms with Crippen LogP contribution in [0.15, 0.2) is 0 Å². The third-order valence-corrected chi connectivity index (χ3v) is 3.42. The molecule has 0 aliphatic rings. The number of ether oxygens (including phenoxy) is 4. The van der Waals surface area contributed by atoms with Crippen LogP contribution in [0.2, 0.25) is 0 Å². The number of carbonyl (C=O) groups excluding carboxylic acids is 1. The molecule has 0 radical (unpaired) electrons. The second-order valence-corrected chi connectivity index (χ2v) is 5.66. The topological polar surface area (TPSA) is 124 Å². The number of rotatable bonds is 20. The van der Waals surface area contributed by atoms with Crippen LogP contribution in [0.1, 0.15) is 19.8 Å². The highest BCUT2D eigenvalue weighted by molar-refractivity contribution is 5.77. The summed E-state index contributed by atoms with van der Waals surface area (Å²) in [7, 11) is 0. The van der Waals surface area contributed by atoms with Crippen LogP contribution in [0.5, 0.6) is 0 Å². The Morgan fingerprint density at radius 2 is 1.46 bits per heavy atom. The maximum atomic E-state index is 11.6. The second-order valence-electron chi connectivity index (χ2n) is 5.66. The number of carbonyl (C=O) groups is 1. The van der Waals surface area contributed by atoms with E-state index in [1.807, 2.05) is 6.92 Å². The van der Waals surface area contributed by atoms with Gasteiger partial charge in [-0.15, -0.1) is 0 Å². The normalized spacial score (nSPS) is 12.3. The summed E-state index contributed by atoms with van der Waals surface area (Å²) in [6, 6.07) is 0.193. The average Bonchev–Trinajstić information content (AvgIpc) is 2.65. The van der Waals surface area contributed by atoms with Gasteiger partial charge >= 0.3 is 0 Å². The standard InChI is InChI=1S/C17H37N3O6/c1-2-16(18)3-4-19-15-17(22)20-5-7-23-9-11-25-13-14-26-12-10-24-8-6-21/h16,19,21H,2-15,18H2,1H3,(H,20,22). The maximum Gasteiger partial charge on any atom is 0.234 e. The minimum atomic E-state index is -0.0463. The van der Waals surface area contributed by atoms with Crippen LogP contribution in [0.3, 0.4) is 0 Å². The summed E-state index contributed by atoms with van der Waals surface area (Å²) in [4.78, 5) is 11.6. The second kappa shape index (κ2) is 20.5. The summed E-state index contributed by atoms with van der Waals surface area (Å²) in [5.74, 6) is -0.0463. The number of amides is 1. The first-order valence-electron chi connectivity index (χ1n) is 9.35. The van der Waals surface area contributed by atoms with E-state index in [0.29, 0.717) is 65.9 Å². The van der Waals surface area contributed by atoms with Crippen molar-refractivity contribution in [2.24, 2.45) is 5.73 Å². The molecule has 0 aromatic rings. The van der Waals surface area contributed by atoms with Crippen LogP contribution in [0, 0.1) is 0 Å². The van der Waals surface area contributed by atoms with Gasteiger partial charge in [-0.05, 0) is 19.4 Å². The van der Waals surface area contributed by atoms with Crippen molar-refractivity contribution in [1.29, 1.82) is 0 Å². The summed E-state index contributed by atoms with van der Waals surface area (Å²) in [5.41, 5.74) is 5.80. The fourth-order valence-electron chi connectivity index (χ4n) is 1.84. The fourth-order valence-corrected chi connectivity index (χ4v) is 1.84. The zero-order chi connectivity index (χ0) is 19.3. The maximum absolute atomic E-state index is 11.6. The number of hydrogen-bond acceptors (Lipinski definition) is 8. The molecule has 0 aliphatic heterocycles. The first-order valence-corrected chi connectivity index (χ1v) is 9.35. The minimum Gasteiger partial charge on any atom is -0.394 e. The lowest BCUT2D eigenvalue weighted by molar-refractivity contribution is -0.120. The van der Waals surface area contributed by atoms with Crippen LogP contribution in [0.4, 0.5) is 0 Å². The van der Waals surface area contributed by atoms with Gasteiger partial charge in [0.25, 0.3) is 0 Å². The zero-order valence-electron chi connectivity index (χ0n) is 16.0. The van der Waals surface area contributed by atoms with Crippen molar-refractivity contribution in [3.8, 4) is 0 Å². The molecule has 0 bridgehead atoms. The van der Waals surface area contributed by atoms with Crippen molar-refractivity contribution < 1.29 is 28.8 Å². The van der Waals surface area contributed by atoms with E-state index < -0.39 is 0 Å². The van der Waals surface area contributed by atoms with Crippen molar-refractivity contribution in [2.45, 2.75) is 25.8 Å². The van der Waals surface area contributed by atoms with E-state index in [0.717, 1.165) is 19.4 Å². The van der Waals surface area contributed by atoms with Gasteiger partial charge in [0, 0.05) is 12.6 Å². The monoisotopic (exact) mass is 379 g/mol. The van der Waals surface area contributed by atoms with Crippen LogP contribution in [-0.4, -0.2) is 96.2 Å². The molecule has 0 saturated carbocycles. The molecule has 0 fully saturated rings. The molecule has 1 atom stereocenters. The molecule has 0 heterocycles. The molecule has 26 heavy (non-hydrogen) atoms. The first kappa shape index (κ1) is 25.2. The van der Waals surface area contributed by atoms with Gasteiger partial charge in [0.2, 0.25) is 5.91 Å². The molecule has 0 saturated heterocycles. The summed E-state index contributed by atoms with van der Waals surface area (Å²) in [6.45, 7) is 7.29. The quantitative estimate of drug-likeness (QED) is 0.196. The van der Waals surface area contributed by atoms with E-state index in [1.165, 1.54) is 0 Å². The van der Waals surface area contributed by atoms with Gasteiger partial charge in [-0.3, -0.25) is 4.79 Å². The van der Waals surface area contributed by atoms with E-state index >= 15 is 0 Å². The molecule has 9 nitrogen and oxygen atoms in total. The molecular weight excluding hydrogens is 342 g/mol. The number of nitrogens with one attached hydrogen (secondary N) is 2. The Hall–Kier alpha value is -0.810. The Balaban J connectivity index is 3.15. The van der Waals surface area contributed by atoms with Gasteiger partial charge in [0.05, 0.1) is 66.0 Å². The molecule has 156 valence electrons. The lowest BCUT2D eigenvalue weighted by atomic mass is 10.2. The summed E-state index contributed by atoms with van der Waals surface area (Å²) >= 11 is 0. The predicted octanol–water partition coefficient (Wildman–Crippen LogP) is -1.12. The minimum absolute atomic E-state index is 0.0257. The van der Waals surface area contributed by atoms with Crippen LogP contribution >= 0.6 is 0 Å². The van der Waals surface area contributed by atoms with Crippen LogP contribution < -0.4 is 16.4 Å². The Morgan fingerprint density at radius 3 is 2.00 bits per heavy atom.